The number of hydrogen-bond acceptors (Lipinski definition) is 3. The van der Waals surface area contributed by atoms with Crippen molar-refractivity contribution in [3.63, 3.8) is 0 Å². The van der Waals surface area contributed by atoms with E-state index in [2.05, 4.69) is 4.98 Å². The van der Waals surface area contributed by atoms with Gasteiger partial charge in [-0.15, -0.1) is 0 Å². The number of aromatic hydroxyl groups is 1. The fourth-order valence-electron chi connectivity index (χ4n) is 2.01. The molecule has 2 aromatic rings. The lowest BCUT2D eigenvalue weighted by atomic mass is 9.98. The van der Waals surface area contributed by atoms with E-state index in [0.29, 0.717) is 11.8 Å². The van der Waals surface area contributed by atoms with Gasteiger partial charge in [-0.25, -0.2) is 4.39 Å². The summed E-state index contributed by atoms with van der Waals surface area (Å²) in [5.74, 6) is -3.12. The minimum Gasteiger partial charge on any atom is -0.504 e. The normalized spacial score (nSPS) is 11.3. The second-order valence-corrected chi connectivity index (χ2v) is 4.50. The van der Waals surface area contributed by atoms with Crippen LogP contribution in [0.2, 0.25) is 0 Å². The fourth-order valence-corrected chi connectivity index (χ4v) is 2.01. The van der Waals surface area contributed by atoms with Crippen LogP contribution in [0.5, 0.6) is 5.75 Å². The molecule has 1 aromatic carbocycles. The maximum Gasteiger partial charge on any atom is 0.419 e. The SMILES string of the molecule is Cc1cc(-c2ccc(C(F)(F)F)c(F)c2O)c(C#N)c(=O)[nH]1. The number of rotatable bonds is 1. The molecule has 0 aliphatic carbocycles. The summed E-state index contributed by atoms with van der Waals surface area (Å²) in [5, 5.41) is 18.7. The maximum absolute atomic E-state index is 13.7. The monoisotopic (exact) mass is 312 g/mol. The highest BCUT2D eigenvalue weighted by molar-refractivity contribution is 5.76. The van der Waals surface area contributed by atoms with Gasteiger partial charge >= 0.3 is 6.18 Å². The van der Waals surface area contributed by atoms with Gasteiger partial charge in [0.05, 0.1) is 5.56 Å². The molecule has 0 aliphatic heterocycles. The topological polar surface area (TPSA) is 76.9 Å². The van der Waals surface area contributed by atoms with E-state index in [4.69, 9.17) is 5.26 Å². The van der Waals surface area contributed by atoms with Crippen molar-refractivity contribution in [3.05, 3.63) is 51.2 Å². The van der Waals surface area contributed by atoms with Crippen LogP contribution in [-0.4, -0.2) is 10.1 Å². The average Bonchev–Trinajstić information content (AvgIpc) is 2.39. The zero-order valence-corrected chi connectivity index (χ0v) is 11.0. The summed E-state index contributed by atoms with van der Waals surface area (Å²) in [5.41, 5.74) is -3.05. The van der Waals surface area contributed by atoms with Gasteiger partial charge in [-0.1, -0.05) is 0 Å². The van der Waals surface area contributed by atoms with Gasteiger partial charge in [0.15, 0.2) is 11.6 Å². The van der Waals surface area contributed by atoms with E-state index < -0.39 is 34.4 Å². The van der Waals surface area contributed by atoms with Gasteiger partial charge in [-0.05, 0) is 25.1 Å². The first-order valence-corrected chi connectivity index (χ1v) is 5.90. The molecule has 22 heavy (non-hydrogen) atoms. The fraction of sp³-hybridized carbons (Fsp3) is 0.143. The molecule has 0 fully saturated rings. The number of alkyl halides is 3. The van der Waals surface area contributed by atoms with Gasteiger partial charge in [0, 0.05) is 16.8 Å². The molecule has 8 heteroatoms. The highest BCUT2D eigenvalue weighted by Crippen LogP contribution is 2.40. The molecule has 2 N–H and O–H groups in total. The predicted molar refractivity (Wildman–Crippen MR) is 68.6 cm³/mol. The standard InChI is InChI=1S/C14H8F4N2O2/c1-6-4-8(9(5-19)13(22)20-6)7-2-3-10(14(16,17)18)11(15)12(7)21/h2-4,21H,1H3,(H,20,22). The van der Waals surface area contributed by atoms with Crippen LogP contribution in [0.15, 0.2) is 23.0 Å². The number of aromatic amines is 1. The van der Waals surface area contributed by atoms with E-state index >= 15 is 0 Å². The van der Waals surface area contributed by atoms with E-state index in [1.165, 1.54) is 13.0 Å². The van der Waals surface area contributed by atoms with Crippen molar-refractivity contribution in [1.29, 1.82) is 5.26 Å². The lowest BCUT2D eigenvalue weighted by Gasteiger charge is -2.13. The number of nitrogens with zero attached hydrogens (tertiary/aromatic N) is 1. The van der Waals surface area contributed by atoms with Crippen LogP contribution < -0.4 is 5.56 Å². The molecular formula is C14H8F4N2O2. The van der Waals surface area contributed by atoms with Gasteiger partial charge in [-0.3, -0.25) is 4.79 Å². The average molecular weight is 312 g/mol. The Bertz CT molecular complexity index is 848. The number of phenolic OH excluding ortho intramolecular Hbond substituents is 1. The molecule has 0 atom stereocenters. The zero-order valence-electron chi connectivity index (χ0n) is 11.0. The number of pyridine rings is 1. The lowest BCUT2D eigenvalue weighted by molar-refractivity contribution is -0.140. The number of halogens is 4. The number of hydrogen-bond donors (Lipinski definition) is 2. The van der Waals surface area contributed by atoms with E-state index in [1.54, 1.807) is 6.07 Å². The van der Waals surface area contributed by atoms with Gasteiger partial charge in [0.1, 0.15) is 11.6 Å². The van der Waals surface area contributed by atoms with Crippen LogP contribution in [0, 0.1) is 24.1 Å². The number of nitriles is 1. The van der Waals surface area contributed by atoms with Crippen molar-refractivity contribution in [2.24, 2.45) is 0 Å². The Kier molecular flexibility index (Phi) is 3.67. The predicted octanol–water partition coefficient (Wildman–Crippen LogP) is 3.09. The summed E-state index contributed by atoms with van der Waals surface area (Å²) >= 11 is 0. The third kappa shape index (κ3) is 2.53. The van der Waals surface area contributed by atoms with Crippen LogP contribution >= 0.6 is 0 Å². The molecule has 1 heterocycles. The van der Waals surface area contributed by atoms with Crippen molar-refractivity contribution in [3.8, 4) is 22.9 Å². The minimum absolute atomic E-state index is 0.145. The Labute approximate surface area is 121 Å². The lowest BCUT2D eigenvalue weighted by Crippen LogP contribution is -2.13. The van der Waals surface area contributed by atoms with E-state index in [9.17, 15) is 27.5 Å². The maximum atomic E-state index is 13.7. The highest BCUT2D eigenvalue weighted by atomic mass is 19.4. The molecule has 2 rings (SSSR count). The largest absolute Gasteiger partial charge is 0.504 e. The first-order chi connectivity index (χ1) is 10.2. The Balaban J connectivity index is 2.79. The second-order valence-electron chi connectivity index (χ2n) is 4.50. The molecule has 0 unspecified atom stereocenters. The van der Waals surface area contributed by atoms with Crippen LogP contribution in [-0.2, 0) is 6.18 Å². The summed E-state index contributed by atoms with van der Waals surface area (Å²) in [6, 6.07) is 4.11. The van der Waals surface area contributed by atoms with Crippen LogP contribution in [0.1, 0.15) is 16.8 Å². The number of H-pyrrole nitrogens is 1. The molecule has 0 bridgehead atoms. The molecule has 0 saturated carbocycles. The summed E-state index contributed by atoms with van der Waals surface area (Å²) in [4.78, 5) is 14.0. The van der Waals surface area contributed by atoms with E-state index in [1.807, 2.05) is 0 Å². The van der Waals surface area contributed by atoms with Gasteiger partial charge < -0.3 is 10.1 Å². The second kappa shape index (κ2) is 5.18. The molecule has 0 spiro atoms. The van der Waals surface area contributed by atoms with Crippen molar-refractivity contribution < 1.29 is 22.7 Å². The van der Waals surface area contributed by atoms with Gasteiger partial charge in [0.25, 0.3) is 5.56 Å². The number of aryl methyl sites for hydroxylation is 1. The smallest absolute Gasteiger partial charge is 0.419 e. The molecular weight excluding hydrogens is 304 g/mol. The summed E-state index contributed by atoms with van der Waals surface area (Å²) in [7, 11) is 0. The van der Waals surface area contributed by atoms with Crippen LogP contribution in [0.25, 0.3) is 11.1 Å². The number of nitrogens with one attached hydrogen (secondary N) is 1. The van der Waals surface area contributed by atoms with E-state index in [0.717, 1.165) is 6.07 Å². The highest BCUT2D eigenvalue weighted by Gasteiger charge is 2.36. The first kappa shape index (κ1) is 15.6. The molecule has 114 valence electrons. The Morgan fingerprint density at radius 1 is 1.27 bits per heavy atom. The third-order valence-corrected chi connectivity index (χ3v) is 2.99. The van der Waals surface area contributed by atoms with Crippen LogP contribution in [0.4, 0.5) is 17.6 Å². The summed E-state index contributed by atoms with van der Waals surface area (Å²) in [6.07, 6.45) is -4.97. The molecule has 1 aromatic heterocycles. The molecule has 0 radical (unpaired) electrons. The zero-order chi connectivity index (χ0) is 16.7. The van der Waals surface area contributed by atoms with Gasteiger partial charge in [-0.2, -0.15) is 18.4 Å². The Morgan fingerprint density at radius 3 is 2.45 bits per heavy atom. The first-order valence-electron chi connectivity index (χ1n) is 5.90. The molecule has 0 aliphatic rings. The third-order valence-electron chi connectivity index (χ3n) is 2.99. The van der Waals surface area contributed by atoms with Crippen molar-refractivity contribution >= 4 is 0 Å². The molecule has 4 nitrogen and oxygen atoms in total. The number of aromatic nitrogens is 1. The van der Waals surface area contributed by atoms with Gasteiger partial charge in [0.2, 0.25) is 0 Å². The van der Waals surface area contributed by atoms with Crippen molar-refractivity contribution in [2.45, 2.75) is 13.1 Å². The van der Waals surface area contributed by atoms with Crippen LogP contribution in [0.3, 0.4) is 0 Å². The quantitative estimate of drug-likeness (QED) is 0.794. The van der Waals surface area contributed by atoms with Crippen molar-refractivity contribution in [1.82, 2.24) is 4.98 Å². The minimum atomic E-state index is -4.97. The van der Waals surface area contributed by atoms with E-state index in [-0.39, 0.29) is 11.1 Å². The number of benzene rings is 1. The number of phenols is 1. The van der Waals surface area contributed by atoms with Crippen molar-refractivity contribution in [2.75, 3.05) is 0 Å². The Hall–Kier alpha value is -2.82. The summed E-state index contributed by atoms with van der Waals surface area (Å²) < 4.78 is 51.5. The summed E-state index contributed by atoms with van der Waals surface area (Å²) in [6.45, 7) is 1.48. The molecule has 0 amide bonds. The Morgan fingerprint density at radius 2 is 1.91 bits per heavy atom. The molecule has 0 saturated heterocycles.